The fourth-order valence-electron chi connectivity index (χ4n) is 1.98. The van der Waals surface area contributed by atoms with Crippen LogP contribution in [-0.4, -0.2) is 55.6 Å². The minimum atomic E-state index is -0.491. The number of rotatable bonds is 4. The van der Waals surface area contributed by atoms with Gasteiger partial charge in [0.25, 0.3) is 0 Å². The summed E-state index contributed by atoms with van der Waals surface area (Å²) in [5, 5.41) is 0. The second-order valence-electron chi connectivity index (χ2n) is 5.72. The van der Waals surface area contributed by atoms with Crippen LogP contribution in [0.5, 0.6) is 0 Å². The highest BCUT2D eigenvalue weighted by Gasteiger charge is 2.32. The molecular formula is C14H25NO4. The van der Waals surface area contributed by atoms with Crippen molar-refractivity contribution in [2.75, 3.05) is 26.8 Å². The lowest BCUT2D eigenvalue weighted by molar-refractivity contribution is -0.0603. The highest BCUT2D eigenvalue weighted by Crippen LogP contribution is 2.19. The van der Waals surface area contributed by atoms with Gasteiger partial charge < -0.3 is 19.1 Å². The third kappa shape index (κ3) is 5.61. The van der Waals surface area contributed by atoms with E-state index in [4.69, 9.17) is 14.2 Å². The van der Waals surface area contributed by atoms with Gasteiger partial charge in [-0.05, 0) is 20.8 Å². The summed E-state index contributed by atoms with van der Waals surface area (Å²) in [6.07, 6.45) is 2.11. The van der Waals surface area contributed by atoms with Gasteiger partial charge in [-0.2, -0.15) is 0 Å². The van der Waals surface area contributed by atoms with Crippen molar-refractivity contribution in [2.24, 2.45) is 0 Å². The third-order valence-corrected chi connectivity index (χ3v) is 2.81. The van der Waals surface area contributed by atoms with E-state index in [2.05, 4.69) is 6.58 Å². The standard InChI is InChI=1S/C14H25NO4/c1-6-7-18-12-8-11(17-5)9-15(10-12)13(16)19-14(2,3)4/h6,11-12H,1,7-10H2,2-5H3/t11-,12+/m1/s1. The predicted molar refractivity (Wildman–Crippen MR) is 73.2 cm³/mol. The van der Waals surface area contributed by atoms with Crippen LogP contribution in [0.4, 0.5) is 4.79 Å². The van der Waals surface area contributed by atoms with E-state index in [1.54, 1.807) is 18.1 Å². The number of hydrogen-bond donors (Lipinski definition) is 0. The number of carbonyl (C=O) groups is 1. The van der Waals surface area contributed by atoms with E-state index >= 15 is 0 Å². The predicted octanol–water partition coefficient (Wildman–Crippen LogP) is 2.21. The van der Waals surface area contributed by atoms with Crippen LogP contribution in [-0.2, 0) is 14.2 Å². The first-order valence-corrected chi connectivity index (χ1v) is 6.59. The van der Waals surface area contributed by atoms with Crippen molar-refractivity contribution in [3.8, 4) is 0 Å². The molecule has 0 spiro atoms. The Morgan fingerprint density at radius 3 is 2.53 bits per heavy atom. The van der Waals surface area contributed by atoms with Gasteiger partial charge in [0.05, 0.1) is 31.9 Å². The summed E-state index contributed by atoms with van der Waals surface area (Å²) in [6.45, 7) is 10.7. The monoisotopic (exact) mass is 271 g/mol. The lowest BCUT2D eigenvalue weighted by Crippen LogP contribution is -2.51. The molecular weight excluding hydrogens is 246 g/mol. The maximum Gasteiger partial charge on any atom is 0.410 e. The van der Waals surface area contributed by atoms with Crippen LogP contribution in [0.25, 0.3) is 0 Å². The van der Waals surface area contributed by atoms with E-state index in [0.717, 1.165) is 6.42 Å². The molecule has 5 nitrogen and oxygen atoms in total. The number of likely N-dealkylation sites (tertiary alicyclic amines) is 1. The van der Waals surface area contributed by atoms with Crippen LogP contribution < -0.4 is 0 Å². The van der Waals surface area contributed by atoms with Gasteiger partial charge in [-0.15, -0.1) is 6.58 Å². The molecule has 0 unspecified atom stereocenters. The summed E-state index contributed by atoms with van der Waals surface area (Å²) in [5.41, 5.74) is -0.491. The molecule has 1 heterocycles. The average Bonchev–Trinajstić information content (AvgIpc) is 2.33. The molecule has 0 radical (unpaired) electrons. The molecule has 0 aromatic rings. The van der Waals surface area contributed by atoms with Crippen molar-refractivity contribution in [1.29, 1.82) is 0 Å². The zero-order valence-electron chi connectivity index (χ0n) is 12.3. The van der Waals surface area contributed by atoms with Crippen molar-refractivity contribution in [2.45, 2.75) is 45.0 Å². The average molecular weight is 271 g/mol. The van der Waals surface area contributed by atoms with Crippen molar-refractivity contribution >= 4 is 6.09 Å². The number of nitrogens with zero attached hydrogens (tertiary/aromatic N) is 1. The van der Waals surface area contributed by atoms with Crippen LogP contribution in [0.1, 0.15) is 27.2 Å². The maximum atomic E-state index is 12.1. The first kappa shape index (κ1) is 16.0. The highest BCUT2D eigenvalue weighted by atomic mass is 16.6. The van der Waals surface area contributed by atoms with E-state index in [1.807, 2.05) is 20.8 Å². The number of carbonyl (C=O) groups excluding carboxylic acids is 1. The zero-order valence-corrected chi connectivity index (χ0v) is 12.3. The molecule has 5 heteroatoms. The van der Waals surface area contributed by atoms with Gasteiger partial charge >= 0.3 is 6.09 Å². The first-order chi connectivity index (χ1) is 8.85. The molecule has 2 atom stereocenters. The number of piperidine rings is 1. The quantitative estimate of drug-likeness (QED) is 0.736. The fourth-order valence-corrected chi connectivity index (χ4v) is 1.98. The normalized spacial score (nSPS) is 24.1. The summed E-state index contributed by atoms with van der Waals surface area (Å²) >= 11 is 0. The number of amides is 1. The third-order valence-electron chi connectivity index (χ3n) is 2.81. The van der Waals surface area contributed by atoms with Crippen molar-refractivity contribution in [1.82, 2.24) is 4.90 Å². The Morgan fingerprint density at radius 1 is 1.37 bits per heavy atom. The Labute approximate surface area is 115 Å². The molecule has 0 N–H and O–H groups in total. The number of methoxy groups -OCH3 is 1. The highest BCUT2D eigenvalue weighted by molar-refractivity contribution is 5.68. The smallest absolute Gasteiger partial charge is 0.410 e. The van der Waals surface area contributed by atoms with Crippen LogP contribution in [0.15, 0.2) is 12.7 Å². The van der Waals surface area contributed by atoms with Gasteiger partial charge in [0.15, 0.2) is 0 Å². The number of ether oxygens (including phenoxy) is 3. The Hall–Kier alpha value is -1.07. The molecule has 0 aromatic heterocycles. The molecule has 0 bridgehead atoms. The molecule has 1 fully saturated rings. The molecule has 19 heavy (non-hydrogen) atoms. The van der Waals surface area contributed by atoms with E-state index in [9.17, 15) is 4.79 Å². The topological polar surface area (TPSA) is 48.0 Å². The fraction of sp³-hybridized carbons (Fsp3) is 0.786. The SMILES string of the molecule is C=CCO[C@H]1C[C@@H](OC)CN(C(=O)OC(C)(C)C)C1. The Balaban J connectivity index is 2.60. The number of hydrogen-bond acceptors (Lipinski definition) is 4. The van der Waals surface area contributed by atoms with Gasteiger partial charge in [-0.25, -0.2) is 4.79 Å². The first-order valence-electron chi connectivity index (χ1n) is 6.59. The molecule has 110 valence electrons. The summed E-state index contributed by atoms with van der Waals surface area (Å²) in [6, 6.07) is 0. The zero-order chi connectivity index (χ0) is 14.5. The van der Waals surface area contributed by atoms with Gasteiger partial charge in [-0.3, -0.25) is 0 Å². The maximum absolute atomic E-state index is 12.1. The van der Waals surface area contributed by atoms with Crippen molar-refractivity contribution in [3.05, 3.63) is 12.7 Å². The molecule has 0 saturated carbocycles. The minimum Gasteiger partial charge on any atom is -0.444 e. The van der Waals surface area contributed by atoms with Crippen LogP contribution in [0.3, 0.4) is 0 Å². The van der Waals surface area contributed by atoms with Crippen LogP contribution >= 0.6 is 0 Å². The Bertz CT molecular complexity index is 311. The molecule has 1 rings (SSSR count). The van der Waals surface area contributed by atoms with E-state index in [-0.39, 0.29) is 18.3 Å². The molecule has 1 aliphatic heterocycles. The van der Waals surface area contributed by atoms with Gasteiger partial charge in [0.2, 0.25) is 0 Å². The molecule has 1 amide bonds. The largest absolute Gasteiger partial charge is 0.444 e. The van der Waals surface area contributed by atoms with Gasteiger partial charge in [0, 0.05) is 13.5 Å². The lowest BCUT2D eigenvalue weighted by atomic mass is 10.1. The summed E-state index contributed by atoms with van der Waals surface area (Å²) in [5.74, 6) is 0. The van der Waals surface area contributed by atoms with Gasteiger partial charge in [-0.1, -0.05) is 6.08 Å². The molecule has 1 aliphatic rings. The molecule has 0 aliphatic carbocycles. The second kappa shape index (κ2) is 6.91. The van der Waals surface area contributed by atoms with E-state index in [1.165, 1.54) is 0 Å². The summed E-state index contributed by atoms with van der Waals surface area (Å²) in [7, 11) is 1.65. The summed E-state index contributed by atoms with van der Waals surface area (Å²) in [4.78, 5) is 13.7. The summed E-state index contributed by atoms with van der Waals surface area (Å²) < 4.78 is 16.4. The Kier molecular flexibility index (Phi) is 5.82. The van der Waals surface area contributed by atoms with Gasteiger partial charge in [0.1, 0.15) is 5.60 Å². The van der Waals surface area contributed by atoms with Crippen LogP contribution in [0, 0.1) is 0 Å². The molecule has 0 aromatic carbocycles. The lowest BCUT2D eigenvalue weighted by Gasteiger charge is -2.37. The molecule has 1 saturated heterocycles. The van der Waals surface area contributed by atoms with Crippen molar-refractivity contribution in [3.63, 3.8) is 0 Å². The van der Waals surface area contributed by atoms with Crippen molar-refractivity contribution < 1.29 is 19.0 Å². The van der Waals surface area contributed by atoms with E-state index < -0.39 is 5.60 Å². The second-order valence-corrected chi connectivity index (χ2v) is 5.72. The minimum absolute atomic E-state index is 0.0175. The van der Waals surface area contributed by atoms with Crippen LogP contribution in [0.2, 0.25) is 0 Å². The Morgan fingerprint density at radius 2 is 2.00 bits per heavy atom. The van der Waals surface area contributed by atoms with E-state index in [0.29, 0.717) is 19.7 Å².